The van der Waals surface area contributed by atoms with E-state index in [2.05, 4.69) is 10.3 Å². The monoisotopic (exact) mass is 321 g/mol. The molecular weight excluding hydrogens is 310 g/mol. The van der Waals surface area contributed by atoms with E-state index in [1.54, 1.807) is 18.2 Å². The van der Waals surface area contributed by atoms with Crippen LogP contribution >= 0.6 is 11.6 Å². The Hall–Kier alpha value is -2.67. The molecule has 0 atom stereocenters. The number of pyridine rings is 1. The number of anilines is 1. The fourth-order valence-electron chi connectivity index (χ4n) is 1.60. The van der Waals surface area contributed by atoms with Gasteiger partial charge in [-0.2, -0.15) is 0 Å². The van der Waals surface area contributed by atoms with E-state index >= 15 is 0 Å². The van der Waals surface area contributed by atoms with Crippen LogP contribution in [0.5, 0.6) is 5.75 Å². The van der Waals surface area contributed by atoms with Gasteiger partial charge in [-0.05, 0) is 36.8 Å². The first-order valence-electron chi connectivity index (χ1n) is 6.25. The zero-order chi connectivity index (χ0) is 16.1. The molecule has 0 saturated heterocycles. The lowest BCUT2D eigenvalue weighted by atomic mass is 10.2. The van der Waals surface area contributed by atoms with Crippen LogP contribution in [0.3, 0.4) is 0 Å². The molecule has 2 rings (SSSR count). The Morgan fingerprint density at radius 3 is 2.77 bits per heavy atom. The molecule has 22 heavy (non-hydrogen) atoms. The lowest BCUT2D eigenvalue weighted by Gasteiger charge is -2.08. The van der Waals surface area contributed by atoms with Crippen molar-refractivity contribution in [2.75, 3.05) is 11.9 Å². The van der Waals surface area contributed by atoms with Gasteiger partial charge in [0, 0.05) is 11.1 Å². The topological polar surface area (TPSA) is 94.4 Å². The number of nitrogens with one attached hydrogen (secondary N) is 1. The highest BCUT2D eigenvalue weighted by Gasteiger charge is 2.08. The Morgan fingerprint density at radius 2 is 2.18 bits per heavy atom. The van der Waals surface area contributed by atoms with Crippen molar-refractivity contribution >= 4 is 29.0 Å². The van der Waals surface area contributed by atoms with Gasteiger partial charge in [-0.3, -0.25) is 14.9 Å². The molecule has 0 bridgehead atoms. The summed E-state index contributed by atoms with van der Waals surface area (Å²) in [6.07, 6.45) is 1.07. The first kappa shape index (κ1) is 15.7. The van der Waals surface area contributed by atoms with Crippen molar-refractivity contribution in [3.8, 4) is 5.75 Å². The van der Waals surface area contributed by atoms with Crippen molar-refractivity contribution in [1.82, 2.24) is 4.98 Å². The van der Waals surface area contributed by atoms with Crippen molar-refractivity contribution in [2.24, 2.45) is 0 Å². The molecule has 114 valence electrons. The molecular formula is C14H12ClN3O4. The standard InChI is InChI=1S/C14H12ClN3O4/c1-9-6-11(3-4-12(9)15)22-8-14(19)17-13-5-2-10(7-16-13)18(20)21/h2-7H,8H2,1H3,(H,16,17,19). The van der Waals surface area contributed by atoms with E-state index < -0.39 is 10.8 Å². The van der Waals surface area contributed by atoms with Crippen molar-refractivity contribution in [3.05, 3.63) is 57.2 Å². The fraction of sp³-hybridized carbons (Fsp3) is 0.143. The highest BCUT2D eigenvalue weighted by atomic mass is 35.5. The van der Waals surface area contributed by atoms with Gasteiger partial charge in [-0.15, -0.1) is 0 Å². The van der Waals surface area contributed by atoms with Gasteiger partial charge in [0.05, 0.1) is 4.92 Å². The minimum absolute atomic E-state index is 0.147. The van der Waals surface area contributed by atoms with Crippen LogP contribution in [0.25, 0.3) is 0 Å². The molecule has 0 aliphatic carbocycles. The van der Waals surface area contributed by atoms with E-state index in [9.17, 15) is 14.9 Å². The Bertz CT molecular complexity index is 704. The van der Waals surface area contributed by atoms with Crippen LogP contribution in [0.1, 0.15) is 5.56 Å². The van der Waals surface area contributed by atoms with Crippen molar-refractivity contribution in [1.29, 1.82) is 0 Å². The molecule has 8 heteroatoms. The van der Waals surface area contributed by atoms with Crippen LogP contribution < -0.4 is 10.1 Å². The van der Waals surface area contributed by atoms with Crippen molar-refractivity contribution in [2.45, 2.75) is 6.92 Å². The molecule has 1 heterocycles. The van der Waals surface area contributed by atoms with Crippen LogP contribution in [0.2, 0.25) is 5.02 Å². The first-order valence-corrected chi connectivity index (χ1v) is 6.63. The van der Waals surface area contributed by atoms with Gasteiger partial charge >= 0.3 is 0 Å². The minimum atomic E-state index is -0.565. The van der Waals surface area contributed by atoms with Gasteiger partial charge in [0.15, 0.2) is 6.61 Å². The number of amides is 1. The lowest BCUT2D eigenvalue weighted by molar-refractivity contribution is -0.385. The predicted octanol–water partition coefficient (Wildman–Crippen LogP) is 2.97. The second kappa shape index (κ2) is 6.86. The molecule has 0 unspecified atom stereocenters. The third-order valence-corrected chi connectivity index (χ3v) is 3.15. The van der Waals surface area contributed by atoms with Crippen molar-refractivity contribution in [3.63, 3.8) is 0 Å². The maximum atomic E-state index is 11.7. The molecule has 1 amide bonds. The third kappa shape index (κ3) is 4.16. The molecule has 2 aromatic rings. The van der Waals surface area contributed by atoms with Gasteiger partial charge in [0.1, 0.15) is 17.8 Å². The highest BCUT2D eigenvalue weighted by molar-refractivity contribution is 6.31. The summed E-state index contributed by atoms with van der Waals surface area (Å²) in [7, 11) is 0. The summed E-state index contributed by atoms with van der Waals surface area (Å²) in [5, 5.41) is 13.6. The Balaban J connectivity index is 1.89. The number of carbonyl (C=O) groups is 1. The number of hydrogen-bond acceptors (Lipinski definition) is 5. The van der Waals surface area contributed by atoms with Gasteiger partial charge in [-0.1, -0.05) is 11.6 Å². The second-order valence-electron chi connectivity index (χ2n) is 4.41. The molecule has 1 aromatic heterocycles. The van der Waals surface area contributed by atoms with Crippen LogP contribution in [-0.2, 0) is 4.79 Å². The third-order valence-electron chi connectivity index (χ3n) is 2.73. The zero-order valence-corrected chi connectivity index (χ0v) is 12.3. The fourth-order valence-corrected chi connectivity index (χ4v) is 1.72. The largest absolute Gasteiger partial charge is 0.484 e. The zero-order valence-electron chi connectivity index (χ0n) is 11.6. The Morgan fingerprint density at radius 1 is 1.41 bits per heavy atom. The van der Waals surface area contributed by atoms with Gasteiger partial charge in [0.25, 0.3) is 11.6 Å². The summed E-state index contributed by atoms with van der Waals surface area (Å²) in [5.41, 5.74) is 0.697. The second-order valence-corrected chi connectivity index (χ2v) is 4.81. The first-order chi connectivity index (χ1) is 10.5. The van der Waals surface area contributed by atoms with E-state index in [1.807, 2.05) is 6.92 Å². The number of ether oxygens (including phenoxy) is 1. The van der Waals surface area contributed by atoms with Crippen LogP contribution in [0.4, 0.5) is 11.5 Å². The summed E-state index contributed by atoms with van der Waals surface area (Å²) < 4.78 is 5.33. The molecule has 7 nitrogen and oxygen atoms in total. The Labute approximate surface area is 131 Å². The number of rotatable bonds is 5. The molecule has 1 aromatic carbocycles. The van der Waals surface area contributed by atoms with E-state index in [0.29, 0.717) is 10.8 Å². The van der Waals surface area contributed by atoms with Crippen LogP contribution in [-0.4, -0.2) is 22.4 Å². The normalized spacial score (nSPS) is 10.1. The summed E-state index contributed by atoms with van der Waals surface area (Å²) in [6.45, 7) is 1.62. The quantitative estimate of drug-likeness (QED) is 0.674. The lowest BCUT2D eigenvalue weighted by Crippen LogP contribution is -2.20. The highest BCUT2D eigenvalue weighted by Crippen LogP contribution is 2.21. The molecule has 0 radical (unpaired) electrons. The van der Waals surface area contributed by atoms with E-state index in [-0.39, 0.29) is 18.1 Å². The molecule has 0 spiro atoms. The van der Waals surface area contributed by atoms with E-state index in [0.717, 1.165) is 11.8 Å². The smallest absolute Gasteiger partial charge is 0.287 e. The molecule has 0 aliphatic rings. The number of benzene rings is 1. The van der Waals surface area contributed by atoms with Gasteiger partial charge in [-0.25, -0.2) is 4.98 Å². The van der Waals surface area contributed by atoms with E-state index in [4.69, 9.17) is 16.3 Å². The SMILES string of the molecule is Cc1cc(OCC(=O)Nc2ccc([N+](=O)[O-])cn2)ccc1Cl. The number of aryl methyl sites for hydroxylation is 1. The Kier molecular flexibility index (Phi) is 4.90. The number of halogens is 1. The summed E-state index contributed by atoms with van der Waals surface area (Å²) >= 11 is 5.89. The number of nitro groups is 1. The maximum Gasteiger partial charge on any atom is 0.287 e. The van der Waals surface area contributed by atoms with Crippen molar-refractivity contribution < 1.29 is 14.5 Å². The number of carbonyl (C=O) groups excluding carboxylic acids is 1. The van der Waals surface area contributed by atoms with Gasteiger partial charge < -0.3 is 10.1 Å². The average molecular weight is 322 g/mol. The summed E-state index contributed by atoms with van der Waals surface area (Å²) in [4.78, 5) is 25.4. The number of hydrogen-bond donors (Lipinski definition) is 1. The molecule has 1 N–H and O–H groups in total. The van der Waals surface area contributed by atoms with E-state index in [1.165, 1.54) is 12.1 Å². The van der Waals surface area contributed by atoms with Crippen LogP contribution in [0.15, 0.2) is 36.5 Å². The summed E-state index contributed by atoms with van der Waals surface area (Å²) in [6, 6.07) is 7.67. The predicted molar refractivity (Wildman–Crippen MR) is 81.2 cm³/mol. The molecule has 0 saturated carbocycles. The maximum absolute atomic E-state index is 11.7. The molecule has 0 fully saturated rings. The number of aromatic nitrogens is 1. The molecule has 0 aliphatic heterocycles. The van der Waals surface area contributed by atoms with Gasteiger partial charge in [0.2, 0.25) is 0 Å². The average Bonchev–Trinajstić information content (AvgIpc) is 2.49. The summed E-state index contributed by atoms with van der Waals surface area (Å²) in [5.74, 6) is 0.314. The van der Waals surface area contributed by atoms with Crippen LogP contribution in [0, 0.1) is 17.0 Å². The number of nitrogens with zero attached hydrogens (tertiary/aromatic N) is 2. The minimum Gasteiger partial charge on any atom is -0.484 e.